The van der Waals surface area contributed by atoms with E-state index in [0.29, 0.717) is 0 Å². The molecule has 0 aliphatic heterocycles. The number of carbonyl (C=O) groups excluding carboxylic acids is 1. The Morgan fingerprint density at radius 3 is 2.27 bits per heavy atom. The van der Waals surface area contributed by atoms with Crippen molar-refractivity contribution in [2.75, 3.05) is 5.32 Å². The van der Waals surface area contributed by atoms with Crippen LogP contribution in [0.25, 0.3) is 10.9 Å². The van der Waals surface area contributed by atoms with Crippen molar-refractivity contribution in [2.24, 2.45) is 0 Å². The molecule has 0 bridgehead atoms. The molecule has 0 unspecified atom stereocenters. The maximum atomic E-state index is 13.5. The molecule has 1 N–H and O–H groups in total. The molecule has 0 aliphatic rings. The van der Waals surface area contributed by atoms with Gasteiger partial charge in [-0.2, -0.15) is 13.2 Å². The average molecular weight is 463 g/mol. The van der Waals surface area contributed by atoms with Gasteiger partial charge in [0.25, 0.3) is 5.56 Å². The zero-order valence-corrected chi connectivity index (χ0v) is 18.6. The van der Waals surface area contributed by atoms with Gasteiger partial charge in [0, 0.05) is 6.54 Å². The Morgan fingerprint density at radius 2 is 1.67 bits per heavy atom. The Kier molecular flexibility index (Phi) is 6.40. The first-order valence-corrected chi connectivity index (χ1v) is 10.2. The van der Waals surface area contributed by atoms with Crippen LogP contribution in [-0.4, -0.2) is 20.8 Å². The van der Waals surface area contributed by atoms with Crippen LogP contribution in [0.4, 0.5) is 23.7 Å². The highest BCUT2D eigenvalue weighted by Crippen LogP contribution is 2.32. The van der Waals surface area contributed by atoms with E-state index in [1.165, 1.54) is 34.9 Å². The summed E-state index contributed by atoms with van der Waals surface area (Å²) in [5.74, 6) is 0. The monoisotopic (exact) mass is 463 g/mol. The van der Waals surface area contributed by atoms with Crippen molar-refractivity contribution < 1.29 is 22.7 Å². The summed E-state index contributed by atoms with van der Waals surface area (Å²) in [6.45, 7) is 6.28. The molecule has 2 aromatic carbocycles. The maximum Gasteiger partial charge on any atom is 0.416 e. The number of amides is 1. The quantitative estimate of drug-likeness (QED) is 0.613. The van der Waals surface area contributed by atoms with Crippen molar-refractivity contribution in [3.63, 3.8) is 0 Å². The number of fused-ring (bicyclic) bond motifs is 1. The summed E-state index contributed by atoms with van der Waals surface area (Å²) in [6, 6.07) is 9.33. The molecule has 1 aromatic heterocycles. The van der Waals surface area contributed by atoms with Crippen LogP contribution in [-0.2, 0) is 24.0 Å². The first-order valence-electron chi connectivity index (χ1n) is 10.2. The fraction of sp³-hybridized carbons (Fsp3) is 0.348. The molecule has 10 heteroatoms. The summed E-state index contributed by atoms with van der Waals surface area (Å²) in [7, 11) is 0. The van der Waals surface area contributed by atoms with Gasteiger partial charge in [-0.25, -0.2) is 9.59 Å². The van der Waals surface area contributed by atoms with Gasteiger partial charge in [0.05, 0.1) is 28.7 Å². The minimum absolute atomic E-state index is 0.00528. The highest BCUT2D eigenvalue weighted by atomic mass is 19.4. The van der Waals surface area contributed by atoms with Crippen LogP contribution in [0.1, 0.15) is 38.8 Å². The lowest BCUT2D eigenvalue weighted by atomic mass is 10.1. The predicted octanol–water partition coefficient (Wildman–Crippen LogP) is 4.60. The molecule has 0 fully saturated rings. The number of hydrogen-bond acceptors (Lipinski definition) is 4. The van der Waals surface area contributed by atoms with Crippen LogP contribution in [0, 0.1) is 0 Å². The summed E-state index contributed by atoms with van der Waals surface area (Å²) in [5, 5.41) is 2.50. The van der Waals surface area contributed by atoms with Gasteiger partial charge in [0.2, 0.25) is 0 Å². The number of alkyl halides is 3. The number of benzene rings is 2. The third-order valence-electron chi connectivity index (χ3n) is 4.86. The van der Waals surface area contributed by atoms with Crippen molar-refractivity contribution >= 4 is 22.7 Å². The lowest BCUT2D eigenvalue weighted by Crippen LogP contribution is -2.41. The number of carbonyl (C=O) groups is 1. The van der Waals surface area contributed by atoms with E-state index >= 15 is 0 Å². The summed E-state index contributed by atoms with van der Waals surface area (Å²) < 4.78 is 47.6. The van der Waals surface area contributed by atoms with E-state index in [4.69, 9.17) is 4.74 Å². The van der Waals surface area contributed by atoms with Crippen molar-refractivity contribution in [3.8, 4) is 0 Å². The zero-order chi connectivity index (χ0) is 24.6. The topological polar surface area (TPSA) is 82.3 Å². The molecular weight excluding hydrogens is 439 g/mol. The molecule has 1 amide bonds. The zero-order valence-electron chi connectivity index (χ0n) is 18.6. The van der Waals surface area contributed by atoms with E-state index in [9.17, 15) is 27.6 Å². The number of halogens is 3. The van der Waals surface area contributed by atoms with Crippen molar-refractivity contribution in [2.45, 2.75) is 52.6 Å². The molecule has 0 spiro atoms. The van der Waals surface area contributed by atoms with E-state index in [2.05, 4.69) is 5.32 Å². The van der Waals surface area contributed by atoms with Gasteiger partial charge in [0.15, 0.2) is 0 Å². The van der Waals surface area contributed by atoms with E-state index in [-0.39, 0.29) is 28.7 Å². The fourth-order valence-corrected chi connectivity index (χ4v) is 3.53. The summed E-state index contributed by atoms with van der Waals surface area (Å²) in [4.78, 5) is 38.7. The van der Waals surface area contributed by atoms with E-state index < -0.39 is 41.2 Å². The van der Waals surface area contributed by atoms with Gasteiger partial charge in [-0.15, -0.1) is 0 Å². The summed E-state index contributed by atoms with van der Waals surface area (Å²) in [5.41, 5.74) is -3.16. The lowest BCUT2D eigenvalue weighted by Gasteiger charge is -2.20. The SMILES string of the molecule is CCn1c(=O)n(Cc2ccccc2C(F)(F)F)c(=O)c2c(NC(=O)OC(C)(C)C)cccc21. The standard InChI is InChI=1S/C23H24F3N3O4/c1-5-28-17-12-8-11-16(27-20(31)33-22(2,3)4)18(17)19(30)29(21(28)32)13-14-9-6-7-10-15(14)23(24,25)26/h6-12H,5,13H2,1-4H3,(H,27,31). The molecule has 33 heavy (non-hydrogen) atoms. The number of nitrogens with one attached hydrogen (secondary N) is 1. The van der Waals surface area contributed by atoms with Crippen LogP contribution < -0.4 is 16.6 Å². The van der Waals surface area contributed by atoms with Crippen molar-refractivity contribution in [1.82, 2.24) is 9.13 Å². The van der Waals surface area contributed by atoms with Gasteiger partial charge >= 0.3 is 18.0 Å². The Hall–Kier alpha value is -3.56. The number of ether oxygens (including phenoxy) is 1. The molecule has 7 nitrogen and oxygen atoms in total. The molecule has 3 aromatic rings. The molecule has 176 valence electrons. The number of nitrogens with zero attached hydrogens (tertiary/aromatic N) is 2. The molecule has 3 rings (SSSR count). The molecule has 0 saturated heterocycles. The molecule has 0 atom stereocenters. The first-order chi connectivity index (χ1) is 15.3. The minimum atomic E-state index is -4.65. The van der Waals surface area contributed by atoms with Crippen LogP contribution in [0.15, 0.2) is 52.1 Å². The third kappa shape index (κ3) is 5.10. The molecule has 0 aliphatic carbocycles. The minimum Gasteiger partial charge on any atom is -0.444 e. The fourth-order valence-electron chi connectivity index (χ4n) is 3.53. The molecular formula is C23H24F3N3O4. The molecule has 0 radical (unpaired) electrons. The lowest BCUT2D eigenvalue weighted by molar-refractivity contribution is -0.138. The maximum absolute atomic E-state index is 13.5. The normalized spacial score (nSPS) is 12.1. The Labute approximate surface area is 187 Å². The highest BCUT2D eigenvalue weighted by Gasteiger charge is 2.33. The second-order valence-electron chi connectivity index (χ2n) is 8.40. The predicted molar refractivity (Wildman–Crippen MR) is 119 cm³/mol. The van der Waals surface area contributed by atoms with Crippen molar-refractivity contribution in [1.29, 1.82) is 0 Å². The third-order valence-corrected chi connectivity index (χ3v) is 4.86. The van der Waals surface area contributed by atoms with Crippen LogP contribution >= 0.6 is 0 Å². The van der Waals surface area contributed by atoms with Crippen molar-refractivity contribution in [3.05, 3.63) is 74.4 Å². The smallest absolute Gasteiger partial charge is 0.416 e. The number of anilines is 1. The van der Waals surface area contributed by atoms with E-state index in [0.717, 1.165) is 10.6 Å². The van der Waals surface area contributed by atoms with Gasteiger partial charge < -0.3 is 4.74 Å². The molecule has 1 heterocycles. The number of aryl methyl sites for hydroxylation is 1. The molecule has 0 saturated carbocycles. The summed E-state index contributed by atoms with van der Waals surface area (Å²) >= 11 is 0. The Bertz CT molecular complexity index is 1320. The summed E-state index contributed by atoms with van der Waals surface area (Å²) in [6.07, 6.45) is -5.46. The number of hydrogen-bond donors (Lipinski definition) is 1. The average Bonchev–Trinajstić information content (AvgIpc) is 2.69. The second-order valence-corrected chi connectivity index (χ2v) is 8.40. The number of aromatic nitrogens is 2. The first kappa shape index (κ1) is 24.1. The number of rotatable bonds is 4. The van der Waals surface area contributed by atoms with Gasteiger partial charge in [-0.1, -0.05) is 24.3 Å². The largest absolute Gasteiger partial charge is 0.444 e. The van der Waals surface area contributed by atoms with Crippen LogP contribution in [0.3, 0.4) is 0 Å². The second kappa shape index (κ2) is 8.76. The van der Waals surface area contributed by atoms with E-state index in [1.807, 2.05) is 0 Å². The van der Waals surface area contributed by atoms with Crippen LogP contribution in [0.5, 0.6) is 0 Å². The van der Waals surface area contributed by atoms with Gasteiger partial charge in [-0.3, -0.25) is 19.2 Å². The van der Waals surface area contributed by atoms with Gasteiger partial charge in [0.1, 0.15) is 5.60 Å². The Morgan fingerprint density at radius 1 is 1.00 bits per heavy atom. The van der Waals surface area contributed by atoms with Gasteiger partial charge in [-0.05, 0) is 51.5 Å². The van der Waals surface area contributed by atoms with E-state index in [1.54, 1.807) is 33.8 Å². The Balaban J connectivity index is 2.22. The van der Waals surface area contributed by atoms with Crippen LogP contribution in [0.2, 0.25) is 0 Å². The highest BCUT2D eigenvalue weighted by molar-refractivity contribution is 5.98.